The van der Waals surface area contributed by atoms with Gasteiger partial charge in [0.1, 0.15) is 5.56 Å². The van der Waals surface area contributed by atoms with Gasteiger partial charge in [-0.05, 0) is 20.8 Å². The first kappa shape index (κ1) is 14.2. The SMILES string of the molecule is Cc1c(C(=O)OCC(=O)N(C)C(C)C)cnn1C. The number of aromatic nitrogens is 2. The molecule has 1 rings (SSSR count). The first-order valence-corrected chi connectivity index (χ1v) is 5.76. The molecule has 1 amide bonds. The molecule has 6 heteroatoms. The van der Waals surface area contributed by atoms with Crippen LogP contribution in [0, 0.1) is 6.92 Å². The molecule has 18 heavy (non-hydrogen) atoms. The molecule has 1 heterocycles. The Morgan fingerprint density at radius 2 is 2.11 bits per heavy atom. The Labute approximate surface area is 107 Å². The number of ether oxygens (including phenoxy) is 1. The van der Waals surface area contributed by atoms with Crippen LogP contribution in [0.25, 0.3) is 0 Å². The van der Waals surface area contributed by atoms with E-state index in [2.05, 4.69) is 5.10 Å². The van der Waals surface area contributed by atoms with E-state index in [0.29, 0.717) is 11.3 Å². The number of nitrogens with zero attached hydrogens (tertiary/aromatic N) is 3. The van der Waals surface area contributed by atoms with E-state index in [1.807, 2.05) is 13.8 Å². The Morgan fingerprint density at radius 3 is 2.56 bits per heavy atom. The topological polar surface area (TPSA) is 64.4 Å². The molecule has 0 N–H and O–H groups in total. The van der Waals surface area contributed by atoms with Gasteiger partial charge < -0.3 is 9.64 Å². The molecule has 0 spiro atoms. The van der Waals surface area contributed by atoms with Crippen molar-refractivity contribution in [3.8, 4) is 0 Å². The molecular weight excluding hydrogens is 234 g/mol. The number of likely N-dealkylation sites (N-methyl/N-ethyl adjacent to an activating group) is 1. The van der Waals surface area contributed by atoms with Crippen LogP contribution in [0.4, 0.5) is 0 Å². The normalized spacial score (nSPS) is 10.6. The van der Waals surface area contributed by atoms with Gasteiger partial charge in [-0.25, -0.2) is 4.79 Å². The van der Waals surface area contributed by atoms with Crippen LogP contribution >= 0.6 is 0 Å². The van der Waals surface area contributed by atoms with E-state index >= 15 is 0 Å². The van der Waals surface area contributed by atoms with Crippen LogP contribution in [-0.2, 0) is 16.6 Å². The fourth-order valence-corrected chi connectivity index (χ4v) is 1.29. The number of rotatable bonds is 4. The zero-order valence-electron chi connectivity index (χ0n) is 11.4. The highest BCUT2D eigenvalue weighted by molar-refractivity contribution is 5.92. The Morgan fingerprint density at radius 1 is 1.50 bits per heavy atom. The quantitative estimate of drug-likeness (QED) is 0.743. The lowest BCUT2D eigenvalue weighted by Gasteiger charge is -2.20. The maximum absolute atomic E-state index is 11.7. The molecule has 0 fully saturated rings. The van der Waals surface area contributed by atoms with Gasteiger partial charge in [-0.2, -0.15) is 5.10 Å². The smallest absolute Gasteiger partial charge is 0.342 e. The third-order valence-corrected chi connectivity index (χ3v) is 2.95. The lowest BCUT2D eigenvalue weighted by molar-refractivity contribution is -0.134. The summed E-state index contributed by atoms with van der Waals surface area (Å²) < 4.78 is 6.55. The fraction of sp³-hybridized carbons (Fsp3) is 0.583. The summed E-state index contributed by atoms with van der Waals surface area (Å²) >= 11 is 0. The summed E-state index contributed by atoms with van der Waals surface area (Å²) in [6.45, 7) is 5.31. The van der Waals surface area contributed by atoms with Crippen molar-refractivity contribution in [1.29, 1.82) is 0 Å². The van der Waals surface area contributed by atoms with E-state index in [9.17, 15) is 9.59 Å². The van der Waals surface area contributed by atoms with Crippen LogP contribution in [0.15, 0.2) is 6.20 Å². The maximum atomic E-state index is 11.7. The van der Waals surface area contributed by atoms with Crippen LogP contribution in [0.3, 0.4) is 0 Å². The highest BCUT2D eigenvalue weighted by Crippen LogP contribution is 2.07. The van der Waals surface area contributed by atoms with E-state index in [1.165, 1.54) is 11.1 Å². The number of carbonyl (C=O) groups excluding carboxylic acids is 2. The highest BCUT2D eigenvalue weighted by Gasteiger charge is 2.18. The second kappa shape index (κ2) is 5.66. The Bertz CT molecular complexity index is 451. The molecule has 0 unspecified atom stereocenters. The van der Waals surface area contributed by atoms with Crippen molar-refractivity contribution in [3.63, 3.8) is 0 Å². The van der Waals surface area contributed by atoms with Gasteiger partial charge >= 0.3 is 5.97 Å². The monoisotopic (exact) mass is 253 g/mol. The first-order chi connectivity index (χ1) is 8.34. The van der Waals surface area contributed by atoms with Crippen molar-refractivity contribution >= 4 is 11.9 Å². The van der Waals surface area contributed by atoms with Crippen LogP contribution in [0.2, 0.25) is 0 Å². The summed E-state index contributed by atoms with van der Waals surface area (Å²) in [6.07, 6.45) is 1.44. The van der Waals surface area contributed by atoms with Crippen LogP contribution < -0.4 is 0 Å². The minimum Gasteiger partial charge on any atom is -0.452 e. The molecule has 0 aromatic carbocycles. The molecule has 0 saturated carbocycles. The molecule has 1 aromatic rings. The van der Waals surface area contributed by atoms with Crippen molar-refractivity contribution in [1.82, 2.24) is 14.7 Å². The van der Waals surface area contributed by atoms with Crippen LogP contribution in [0.1, 0.15) is 29.9 Å². The number of aryl methyl sites for hydroxylation is 1. The third-order valence-electron chi connectivity index (χ3n) is 2.95. The second-order valence-corrected chi connectivity index (χ2v) is 4.44. The van der Waals surface area contributed by atoms with E-state index in [-0.39, 0.29) is 18.6 Å². The lowest BCUT2D eigenvalue weighted by atomic mass is 10.3. The molecular formula is C12H19N3O3. The molecule has 0 aliphatic carbocycles. The van der Waals surface area contributed by atoms with Gasteiger partial charge in [0.05, 0.1) is 6.20 Å². The predicted octanol–water partition coefficient (Wildman–Crippen LogP) is 0.752. The number of carbonyl (C=O) groups is 2. The number of esters is 1. The summed E-state index contributed by atoms with van der Waals surface area (Å²) in [5.41, 5.74) is 1.10. The van der Waals surface area contributed by atoms with Gasteiger partial charge in [0, 0.05) is 25.8 Å². The molecule has 0 aliphatic rings. The minimum absolute atomic E-state index is 0.0799. The summed E-state index contributed by atoms with van der Waals surface area (Å²) in [5, 5.41) is 3.95. The molecule has 1 aromatic heterocycles. The largest absolute Gasteiger partial charge is 0.452 e. The Balaban J connectivity index is 2.57. The van der Waals surface area contributed by atoms with Crippen molar-refractivity contribution in [2.24, 2.45) is 7.05 Å². The second-order valence-electron chi connectivity index (χ2n) is 4.44. The van der Waals surface area contributed by atoms with Crippen molar-refractivity contribution in [2.45, 2.75) is 26.8 Å². The molecule has 0 aliphatic heterocycles. The third kappa shape index (κ3) is 3.09. The highest BCUT2D eigenvalue weighted by atomic mass is 16.5. The fourth-order valence-electron chi connectivity index (χ4n) is 1.29. The minimum atomic E-state index is -0.522. The predicted molar refractivity (Wildman–Crippen MR) is 66.1 cm³/mol. The van der Waals surface area contributed by atoms with Gasteiger partial charge in [0.25, 0.3) is 5.91 Å². The van der Waals surface area contributed by atoms with E-state index in [1.54, 1.807) is 25.7 Å². The summed E-state index contributed by atoms with van der Waals surface area (Å²) in [7, 11) is 3.42. The molecule has 100 valence electrons. The number of hydrogen-bond acceptors (Lipinski definition) is 4. The average molecular weight is 253 g/mol. The van der Waals surface area contributed by atoms with E-state index in [0.717, 1.165) is 0 Å². The zero-order valence-corrected chi connectivity index (χ0v) is 11.4. The van der Waals surface area contributed by atoms with E-state index < -0.39 is 5.97 Å². The zero-order chi connectivity index (χ0) is 13.9. The van der Waals surface area contributed by atoms with Gasteiger partial charge in [0.2, 0.25) is 0 Å². The van der Waals surface area contributed by atoms with Crippen molar-refractivity contribution in [2.75, 3.05) is 13.7 Å². The summed E-state index contributed by atoms with van der Waals surface area (Å²) in [6, 6.07) is 0.0799. The Kier molecular flexibility index (Phi) is 4.47. The van der Waals surface area contributed by atoms with Crippen molar-refractivity contribution in [3.05, 3.63) is 17.5 Å². The van der Waals surface area contributed by atoms with Gasteiger partial charge in [-0.1, -0.05) is 0 Å². The molecule has 0 radical (unpaired) electrons. The summed E-state index contributed by atoms with van der Waals surface area (Å²) in [5.74, 6) is -0.744. The standard InChI is InChI=1S/C12H19N3O3/c1-8(2)14(4)11(16)7-18-12(17)10-6-13-15(5)9(10)3/h6,8H,7H2,1-5H3. The van der Waals surface area contributed by atoms with Crippen molar-refractivity contribution < 1.29 is 14.3 Å². The molecule has 0 bridgehead atoms. The van der Waals surface area contributed by atoms with E-state index in [4.69, 9.17) is 4.74 Å². The van der Waals surface area contributed by atoms with Gasteiger partial charge in [-0.15, -0.1) is 0 Å². The molecule has 0 saturated heterocycles. The van der Waals surface area contributed by atoms with Gasteiger partial charge in [-0.3, -0.25) is 9.48 Å². The molecule has 0 atom stereocenters. The average Bonchev–Trinajstić information content (AvgIpc) is 2.65. The summed E-state index contributed by atoms with van der Waals surface area (Å²) in [4.78, 5) is 24.9. The molecule has 6 nitrogen and oxygen atoms in total. The Hall–Kier alpha value is -1.85. The van der Waals surface area contributed by atoms with Crippen LogP contribution in [0.5, 0.6) is 0 Å². The van der Waals surface area contributed by atoms with Gasteiger partial charge in [0.15, 0.2) is 6.61 Å². The lowest BCUT2D eigenvalue weighted by Crippen LogP contribution is -2.36. The number of hydrogen-bond donors (Lipinski definition) is 0. The van der Waals surface area contributed by atoms with Crippen LogP contribution in [-0.4, -0.2) is 46.3 Å². The maximum Gasteiger partial charge on any atom is 0.342 e. The number of amides is 1. The first-order valence-electron chi connectivity index (χ1n) is 5.76.